The first kappa shape index (κ1) is 29.0. The van der Waals surface area contributed by atoms with Gasteiger partial charge in [-0.3, -0.25) is 0 Å². The van der Waals surface area contributed by atoms with Crippen LogP contribution in [0.2, 0.25) is 0 Å². The summed E-state index contributed by atoms with van der Waals surface area (Å²) in [5.41, 5.74) is 0.601. The number of phenolic OH excluding ortho intramolecular Hbond substituents is 1. The van der Waals surface area contributed by atoms with Crippen LogP contribution in [0, 0.1) is 17.8 Å². The molecule has 39 heavy (non-hydrogen) atoms. The first-order chi connectivity index (χ1) is 18.6. The molecule has 0 bridgehead atoms. The standard InChI is InChI=1S/C26H32O13/c1-11-17-18(20(31)23(11)38-16(29)8-5-12-3-6-13(28)7-4-12)14(24(34)35-2)10-36-25(17)39-26-22(33)21(32)19(30)15(9-27)37-26/h3-8,10-11,15,17-23,25-28,30-33H,9H2,1-2H3/t11-,15+,17+,18+,19-,20+,21-,22-,23-,25-,26+/m1/s1. The zero-order valence-electron chi connectivity index (χ0n) is 21.1. The van der Waals surface area contributed by atoms with Crippen molar-refractivity contribution in [3.05, 3.63) is 47.7 Å². The van der Waals surface area contributed by atoms with Crippen molar-refractivity contribution in [1.29, 1.82) is 0 Å². The van der Waals surface area contributed by atoms with Gasteiger partial charge in [0.2, 0.25) is 6.29 Å². The number of benzene rings is 1. The molecule has 2 heterocycles. The molecular formula is C26H32O13. The maximum atomic E-state index is 12.6. The van der Waals surface area contributed by atoms with E-state index in [1.165, 1.54) is 18.2 Å². The zero-order chi connectivity index (χ0) is 28.4. The molecule has 11 atom stereocenters. The number of carbonyl (C=O) groups is 2. The molecule has 13 nitrogen and oxygen atoms in total. The van der Waals surface area contributed by atoms with E-state index in [4.69, 9.17) is 23.7 Å². The van der Waals surface area contributed by atoms with Gasteiger partial charge in [-0.1, -0.05) is 19.1 Å². The lowest BCUT2D eigenvalue weighted by molar-refractivity contribution is -0.343. The summed E-state index contributed by atoms with van der Waals surface area (Å²) >= 11 is 0. The second-order valence-electron chi connectivity index (χ2n) is 9.68. The second-order valence-corrected chi connectivity index (χ2v) is 9.68. The Morgan fingerprint density at radius 1 is 1.00 bits per heavy atom. The first-order valence-electron chi connectivity index (χ1n) is 12.3. The van der Waals surface area contributed by atoms with Gasteiger partial charge >= 0.3 is 11.9 Å². The Bertz CT molecular complexity index is 1080. The van der Waals surface area contributed by atoms with Crippen molar-refractivity contribution in [3.8, 4) is 5.75 Å². The number of aliphatic hydroxyl groups is 5. The van der Waals surface area contributed by atoms with E-state index in [1.54, 1.807) is 19.1 Å². The number of methoxy groups -OCH3 is 1. The molecule has 1 saturated heterocycles. The molecule has 2 aliphatic heterocycles. The van der Waals surface area contributed by atoms with E-state index in [0.717, 1.165) is 19.4 Å². The zero-order valence-corrected chi connectivity index (χ0v) is 21.1. The Morgan fingerprint density at radius 2 is 1.69 bits per heavy atom. The highest BCUT2D eigenvalue weighted by Crippen LogP contribution is 2.49. The molecule has 6 N–H and O–H groups in total. The molecule has 13 heteroatoms. The van der Waals surface area contributed by atoms with Gasteiger partial charge in [0, 0.05) is 23.8 Å². The number of esters is 2. The van der Waals surface area contributed by atoms with Crippen LogP contribution in [-0.2, 0) is 33.3 Å². The van der Waals surface area contributed by atoms with Crippen molar-refractivity contribution in [2.45, 2.75) is 56.1 Å². The third-order valence-corrected chi connectivity index (χ3v) is 7.34. The summed E-state index contributed by atoms with van der Waals surface area (Å²) in [6.45, 7) is 0.988. The molecule has 0 spiro atoms. The van der Waals surface area contributed by atoms with E-state index in [2.05, 4.69) is 0 Å². The van der Waals surface area contributed by atoms with E-state index in [9.17, 15) is 40.2 Å². The average Bonchev–Trinajstić information content (AvgIpc) is 3.18. The quantitative estimate of drug-likeness (QED) is 0.174. The first-order valence-corrected chi connectivity index (χ1v) is 12.3. The van der Waals surface area contributed by atoms with Crippen molar-refractivity contribution in [1.82, 2.24) is 0 Å². The molecule has 1 aromatic carbocycles. The van der Waals surface area contributed by atoms with Crippen LogP contribution in [0.5, 0.6) is 5.75 Å². The molecule has 0 unspecified atom stereocenters. The fraction of sp³-hybridized carbons (Fsp3) is 0.538. The van der Waals surface area contributed by atoms with E-state index in [-0.39, 0.29) is 11.3 Å². The fourth-order valence-corrected chi connectivity index (χ4v) is 5.24. The molecule has 2 fully saturated rings. The third kappa shape index (κ3) is 5.79. The number of carbonyl (C=O) groups excluding carboxylic acids is 2. The van der Waals surface area contributed by atoms with Crippen molar-refractivity contribution in [2.75, 3.05) is 13.7 Å². The largest absolute Gasteiger partial charge is 0.508 e. The highest BCUT2D eigenvalue weighted by molar-refractivity contribution is 5.89. The number of aromatic hydroxyl groups is 1. The number of rotatable bonds is 7. The topological polar surface area (TPSA) is 202 Å². The lowest BCUT2D eigenvalue weighted by Crippen LogP contribution is -2.60. The minimum atomic E-state index is -1.71. The van der Waals surface area contributed by atoms with Gasteiger partial charge in [0.25, 0.3) is 0 Å². The molecule has 0 radical (unpaired) electrons. The molecule has 1 saturated carbocycles. The maximum absolute atomic E-state index is 12.6. The number of aliphatic hydroxyl groups excluding tert-OH is 5. The molecule has 3 aliphatic rings. The van der Waals surface area contributed by atoms with Gasteiger partial charge in [0.1, 0.15) is 36.3 Å². The summed E-state index contributed by atoms with van der Waals surface area (Å²) in [6, 6.07) is 6.09. The molecular weight excluding hydrogens is 520 g/mol. The van der Waals surface area contributed by atoms with Gasteiger partial charge in [-0.2, -0.15) is 0 Å². The minimum absolute atomic E-state index is 0.0197. The van der Waals surface area contributed by atoms with E-state index in [0.29, 0.717) is 5.56 Å². The normalized spacial score (nSPS) is 38.0. The number of phenols is 1. The molecule has 0 aromatic heterocycles. The minimum Gasteiger partial charge on any atom is -0.508 e. The van der Waals surface area contributed by atoms with Crippen LogP contribution in [0.25, 0.3) is 6.08 Å². The van der Waals surface area contributed by atoms with Crippen LogP contribution < -0.4 is 0 Å². The Morgan fingerprint density at radius 3 is 2.33 bits per heavy atom. The van der Waals surface area contributed by atoms with Crippen molar-refractivity contribution >= 4 is 18.0 Å². The second kappa shape index (κ2) is 12.0. The van der Waals surface area contributed by atoms with Crippen LogP contribution in [-0.4, -0.2) is 105 Å². The Kier molecular flexibility index (Phi) is 8.91. The predicted molar refractivity (Wildman–Crippen MR) is 129 cm³/mol. The Balaban J connectivity index is 1.54. The maximum Gasteiger partial charge on any atom is 0.337 e. The number of ether oxygens (including phenoxy) is 5. The van der Waals surface area contributed by atoms with Crippen LogP contribution >= 0.6 is 0 Å². The van der Waals surface area contributed by atoms with Gasteiger partial charge in [0.15, 0.2) is 6.29 Å². The summed E-state index contributed by atoms with van der Waals surface area (Å²) in [5.74, 6) is -3.91. The fourth-order valence-electron chi connectivity index (χ4n) is 5.24. The predicted octanol–water partition coefficient (Wildman–Crippen LogP) is -1.21. The lowest BCUT2D eigenvalue weighted by Gasteiger charge is -2.43. The van der Waals surface area contributed by atoms with Crippen molar-refractivity contribution < 1.29 is 63.9 Å². The monoisotopic (exact) mass is 552 g/mol. The number of hydrogen-bond acceptors (Lipinski definition) is 13. The van der Waals surface area contributed by atoms with Gasteiger partial charge < -0.3 is 54.3 Å². The van der Waals surface area contributed by atoms with Gasteiger partial charge in [0.05, 0.1) is 31.7 Å². The highest BCUT2D eigenvalue weighted by atomic mass is 16.8. The van der Waals surface area contributed by atoms with E-state index >= 15 is 0 Å². The SMILES string of the molecule is COC(=O)C1=CO[C@H](O[C@@H]2O[C@@H](CO)[C@@H](O)[C@@H](O)[C@H]2O)[C@H]2[C@@H](C)[C@@H](OC(=O)C=Cc3ccc(O)cc3)[C@@H](O)[C@@H]12. The van der Waals surface area contributed by atoms with Crippen molar-refractivity contribution in [2.24, 2.45) is 17.8 Å². The smallest absolute Gasteiger partial charge is 0.337 e. The summed E-state index contributed by atoms with van der Waals surface area (Å²) in [6.07, 6.45) is -7.83. The van der Waals surface area contributed by atoms with Crippen LogP contribution in [0.4, 0.5) is 0 Å². The summed E-state index contributed by atoms with van der Waals surface area (Å²) in [5, 5.41) is 60.6. The molecule has 4 rings (SSSR count). The van der Waals surface area contributed by atoms with E-state index in [1.807, 2.05) is 0 Å². The summed E-state index contributed by atoms with van der Waals surface area (Å²) in [7, 11) is 1.16. The van der Waals surface area contributed by atoms with Crippen LogP contribution in [0.1, 0.15) is 12.5 Å². The number of fused-ring (bicyclic) bond motifs is 1. The number of hydrogen-bond donors (Lipinski definition) is 6. The summed E-state index contributed by atoms with van der Waals surface area (Å²) in [4.78, 5) is 25.1. The Hall–Kier alpha value is -3.04. The molecule has 0 amide bonds. The van der Waals surface area contributed by atoms with E-state index < -0.39 is 85.5 Å². The molecule has 214 valence electrons. The molecule has 1 aliphatic carbocycles. The van der Waals surface area contributed by atoms with Crippen molar-refractivity contribution in [3.63, 3.8) is 0 Å². The Labute approximate surface area is 223 Å². The molecule has 1 aromatic rings. The van der Waals surface area contributed by atoms with Gasteiger partial charge in [-0.15, -0.1) is 0 Å². The highest BCUT2D eigenvalue weighted by Gasteiger charge is 2.59. The van der Waals surface area contributed by atoms with Gasteiger partial charge in [-0.25, -0.2) is 9.59 Å². The van der Waals surface area contributed by atoms with Crippen LogP contribution in [0.3, 0.4) is 0 Å². The third-order valence-electron chi connectivity index (χ3n) is 7.34. The van der Waals surface area contributed by atoms with Crippen LogP contribution in [0.15, 0.2) is 42.2 Å². The average molecular weight is 553 g/mol. The van der Waals surface area contributed by atoms with Gasteiger partial charge in [-0.05, 0) is 23.8 Å². The summed E-state index contributed by atoms with van der Waals surface area (Å²) < 4.78 is 27.2. The lowest BCUT2D eigenvalue weighted by atomic mass is 9.82.